The number of hydrogen-bond acceptors (Lipinski definition) is 4. The second-order valence-electron chi connectivity index (χ2n) is 7.49. The van der Waals surface area contributed by atoms with E-state index < -0.39 is 5.91 Å². The molecule has 0 radical (unpaired) electrons. The van der Waals surface area contributed by atoms with Crippen LogP contribution in [0.1, 0.15) is 16.7 Å². The van der Waals surface area contributed by atoms with E-state index in [1.807, 2.05) is 69.3 Å². The number of halogens is 1. The van der Waals surface area contributed by atoms with Crippen molar-refractivity contribution in [1.82, 2.24) is 0 Å². The van der Waals surface area contributed by atoms with Crippen LogP contribution in [0, 0.1) is 20.8 Å². The molecule has 0 aromatic heterocycles. The standard InChI is InChI=1S/C25H21ClN2O2S/c1-15-7-11-20(12-8-15)31-23-22(27-18-6-4-5-16(2)13-18)24(29)28(25(23)30)19-10-9-17(3)21(26)14-19/h4-14,27H,1-3H3. The Labute approximate surface area is 190 Å². The van der Waals surface area contributed by atoms with Gasteiger partial charge in [0, 0.05) is 15.6 Å². The molecule has 0 saturated heterocycles. The summed E-state index contributed by atoms with van der Waals surface area (Å²) in [6.45, 7) is 5.86. The number of imide groups is 1. The number of anilines is 2. The Balaban J connectivity index is 1.75. The van der Waals surface area contributed by atoms with Crippen molar-refractivity contribution in [2.45, 2.75) is 25.7 Å². The molecule has 3 aromatic carbocycles. The van der Waals surface area contributed by atoms with Crippen molar-refractivity contribution in [1.29, 1.82) is 0 Å². The van der Waals surface area contributed by atoms with Gasteiger partial charge in [-0.15, -0.1) is 0 Å². The second kappa shape index (κ2) is 8.61. The van der Waals surface area contributed by atoms with Gasteiger partial charge in [0.15, 0.2) is 0 Å². The van der Waals surface area contributed by atoms with Gasteiger partial charge in [0.25, 0.3) is 11.8 Å². The minimum atomic E-state index is -0.402. The number of amides is 2. The molecule has 31 heavy (non-hydrogen) atoms. The lowest BCUT2D eigenvalue weighted by Gasteiger charge is -2.16. The first-order chi connectivity index (χ1) is 14.8. The lowest BCUT2D eigenvalue weighted by Crippen LogP contribution is -2.32. The van der Waals surface area contributed by atoms with Crippen LogP contribution in [0.2, 0.25) is 5.02 Å². The van der Waals surface area contributed by atoms with Gasteiger partial charge in [0.1, 0.15) is 10.6 Å². The van der Waals surface area contributed by atoms with Gasteiger partial charge in [0.05, 0.1) is 5.69 Å². The van der Waals surface area contributed by atoms with Crippen LogP contribution >= 0.6 is 23.4 Å². The number of rotatable bonds is 5. The average Bonchev–Trinajstić information content (AvgIpc) is 2.96. The Morgan fingerprint density at radius 3 is 2.26 bits per heavy atom. The normalized spacial score (nSPS) is 13.9. The maximum Gasteiger partial charge on any atom is 0.283 e. The van der Waals surface area contributed by atoms with Crippen LogP contribution < -0.4 is 10.2 Å². The lowest BCUT2D eigenvalue weighted by molar-refractivity contribution is -0.120. The van der Waals surface area contributed by atoms with E-state index in [0.717, 1.165) is 27.3 Å². The van der Waals surface area contributed by atoms with Crippen molar-refractivity contribution >= 4 is 46.6 Å². The molecule has 0 spiro atoms. The summed E-state index contributed by atoms with van der Waals surface area (Å²) in [5.41, 5.74) is 4.52. The van der Waals surface area contributed by atoms with Gasteiger partial charge in [-0.05, 0) is 68.3 Å². The highest BCUT2D eigenvalue weighted by Crippen LogP contribution is 2.38. The molecule has 1 heterocycles. The van der Waals surface area contributed by atoms with E-state index in [1.165, 1.54) is 16.7 Å². The minimum Gasteiger partial charge on any atom is -0.350 e. The zero-order valence-electron chi connectivity index (χ0n) is 17.4. The van der Waals surface area contributed by atoms with Gasteiger partial charge in [-0.3, -0.25) is 9.59 Å². The Bertz CT molecular complexity index is 1220. The number of nitrogens with zero attached hydrogens (tertiary/aromatic N) is 1. The predicted octanol–water partition coefficient (Wildman–Crippen LogP) is 6.25. The molecule has 0 fully saturated rings. The van der Waals surface area contributed by atoms with Crippen molar-refractivity contribution in [2.75, 3.05) is 10.2 Å². The smallest absolute Gasteiger partial charge is 0.283 e. The molecule has 156 valence electrons. The number of thioether (sulfide) groups is 1. The molecule has 4 rings (SSSR count). The molecule has 0 aliphatic carbocycles. The molecule has 0 atom stereocenters. The van der Waals surface area contributed by atoms with E-state index >= 15 is 0 Å². The number of carbonyl (C=O) groups is 2. The highest BCUT2D eigenvalue weighted by Gasteiger charge is 2.40. The van der Waals surface area contributed by atoms with Gasteiger partial charge in [-0.2, -0.15) is 0 Å². The molecular weight excluding hydrogens is 428 g/mol. The van der Waals surface area contributed by atoms with E-state index in [4.69, 9.17) is 11.6 Å². The molecule has 0 unspecified atom stereocenters. The van der Waals surface area contributed by atoms with Crippen molar-refractivity contribution in [3.05, 3.63) is 99.0 Å². The Kier molecular flexibility index (Phi) is 5.90. The largest absolute Gasteiger partial charge is 0.350 e. The van der Waals surface area contributed by atoms with Crippen LogP contribution in [0.15, 0.2) is 82.2 Å². The Morgan fingerprint density at radius 2 is 1.58 bits per heavy atom. The zero-order valence-corrected chi connectivity index (χ0v) is 19.0. The van der Waals surface area contributed by atoms with Crippen LogP contribution in [0.5, 0.6) is 0 Å². The summed E-state index contributed by atoms with van der Waals surface area (Å²) in [5.74, 6) is -0.772. The molecular formula is C25H21ClN2O2S. The highest BCUT2D eigenvalue weighted by atomic mass is 35.5. The maximum atomic E-state index is 13.4. The summed E-state index contributed by atoms with van der Waals surface area (Å²) in [5, 5.41) is 3.69. The van der Waals surface area contributed by atoms with Crippen molar-refractivity contribution in [2.24, 2.45) is 0 Å². The van der Waals surface area contributed by atoms with E-state index in [-0.39, 0.29) is 11.6 Å². The van der Waals surface area contributed by atoms with Gasteiger partial charge in [-0.25, -0.2) is 4.90 Å². The number of benzene rings is 3. The van der Waals surface area contributed by atoms with Gasteiger partial charge in [0.2, 0.25) is 0 Å². The number of aryl methyl sites for hydroxylation is 3. The predicted molar refractivity (Wildman–Crippen MR) is 128 cm³/mol. The van der Waals surface area contributed by atoms with Gasteiger partial charge < -0.3 is 5.32 Å². The number of nitrogens with one attached hydrogen (secondary N) is 1. The third kappa shape index (κ3) is 4.38. The zero-order chi connectivity index (χ0) is 22.1. The molecule has 1 N–H and O–H groups in total. The van der Waals surface area contributed by atoms with Gasteiger partial charge in [-0.1, -0.05) is 59.3 Å². The van der Waals surface area contributed by atoms with Crippen LogP contribution in [-0.4, -0.2) is 11.8 Å². The molecule has 3 aromatic rings. The molecule has 6 heteroatoms. The first-order valence-corrected chi connectivity index (χ1v) is 11.0. The molecule has 1 aliphatic rings. The summed E-state index contributed by atoms with van der Waals surface area (Å²) >= 11 is 7.55. The Hall–Kier alpha value is -3.02. The number of hydrogen-bond donors (Lipinski definition) is 1. The highest BCUT2D eigenvalue weighted by molar-refractivity contribution is 8.04. The fourth-order valence-corrected chi connectivity index (χ4v) is 4.36. The molecule has 1 aliphatic heterocycles. The van der Waals surface area contributed by atoms with Crippen LogP contribution in [-0.2, 0) is 9.59 Å². The van der Waals surface area contributed by atoms with E-state index in [2.05, 4.69) is 5.32 Å². The number of carbonyl (C=O) groups excluding carboxylic acids is 2. The maximum absolute atomic E-state index is 13.4. The first kappa shape index (κ1) is 21.2. The molecule has 0 saturated carbocycles. The van der Waals surface area contributed by atoms with E-state index in [9.17, 15) is 9.59 Å². The van der Waals surface area contributed by atoms with Gasteiger partial charge >= 0.3 is 0 Å². The second-order valence-corrected chi connectivity index (χ2v) is 8.98. The topological polar surface area (TPSA) is 49.4 Å². The summed E-state index contributed by atoms with van der Waals surface area (Å²) < 4.78 is 0. The van der Waals surface area contributed by atoms with E-state index in [1.54, 1.807) is 18.2 Å². The quantitative estimate of drug-likeness (QED) is 0.468. The summed E-state index contributed by atoms with van der Waals surface area (Å²) in [6.07, 6.45) is 0. The van der Waals surface area contributed by atoms with Crippen molar-refractivity contribution in [3.63, 3.8) is 0 Å². The summed E-state index contributed by atoms with van der Waals surface area (Å²) in [4.78, 5) is 29.2. The monoisotopic (exact) mass is 448 g/mol. The fraction of sp³-hybridized carbons (Fsp3) is 0.120. The summed E-state index contributed by atoms with van der Waals surface area (Å²) in [7, 11) is 0. The fourth-order valence-electron chi connectivity index (χ4n) is 3.26. The molecule has 4 nitrogen and oxygen atoms in total. The summed E-state index contributed by atoms with van der Waals surface area (Å²) in [6, 6.07) is 20.7. The van der Waals surface area contributed by atoms with Crippen molar-refractivity contribution < 1.29 is 9.59 Å². The van der Waals surface area contributed by atoms with Crippen LogP contribution in [0.25, 0.3) is 0 Å². The van der Waals surface area contributed by atoms with Crippen LogP contribution in [0.3, 0.4) is 0 Å². The first-order valence-electron chi connectivity index (χ1n) is 9.81. The minimum absolute atomic E-state index is 0.262. The average molecular weight is 449 g/mol. The Morgan fingerprint density at radius 1 is 0.839 bits per heavy atom. The lowest BCUT2D eigenvalue weighted by atomic mass is 10.2. The third-order valence-corrected chi connectivity index (χ3v) is 6.48. The molecule has 2 amide bonds. The SMILES string of the molecule is Cc1ccc(SC2=C(Nc3cccc(C)c3)C(=O)N(c3ccc(C)c(Cl)c3)C2=O)cc1. The van der Waals surface area contributed by atoms with Crippen molar-refractivity contribution in [3.8, 4) is 0 Å². The van der Waals surface area contributed by atoms with E-state index in [0.29, 0.717) is 15.6 Å². The van der Waals surface area contributed by atoms with Crippen LogP contribution in [0.4, 0.5) is 11.4 Å². The third-order valence-electron chi connectivity index (χ3n) is 4.98. The molecule has 0 bridgehead atoms.